The highest BCUT2D eigenvalue weighted by atomic mass is 79.9. The first-order valence-electron chi connectivity index (χ1n) is 3.22. The maximum absolute atomic E-state index is 12.8. The van der Waals surface area contributed by atoms with E-state index in [1.807, 2.05) is 6.26 Å². The zero-order chi connectivity index (χ0) is 8.97. The van der Waals surface area contributed by atoms with E-state index in [9.17, 15) is 4.39 Å². The Balaban J connectivity index is 3.01. The summed E-state index contributed by atoms with van der Waals surface area (Å²) in [5.41, 5.74) is 0.691. The Morgan fingerprint density at radius 2 is 2.17 bits per heavy atom. The predicted octanol–water partition coefficient (Wildman–Crippen LogP) is 3.26. The molecule has 0 atom stereocenters. The molecule has 0 aliphatic heterocycles. The molecule has 0 fully saturated rings. The van der Waals surface area contributed by atoms with Gasteiger partial charge in [0.25, 0.3) is 0 Å². The Morgan fingerprint density at radius 3 is 2.75 bits per heavy atom. The van der Waals surface area contributed by atoms with Crippen molar-refractivity contribution in [2.24, 2.45) is 0 Å². The van der Waals surface area contributed by atoms with Crippen LogP contribution in [0.2, 0.25) is 0 Å². The average molecular weight is 245 g/mol. The highest BCUT2D eigenvalue weighted by Crippen LogP contribution is 2.14. The molecular formula is C9H6BrFS. The summed E-state index contributed by atoms with van der Waals surface area (Å²) >= 11 is 4.60. The number of rotatable bonds is 0. The number of thioether (sulfide) groups is 1. The van der Waals surface area contributed by atoms with E-state index in [1.54, 1.807) is 6.07 Å². The summed E-state index contributed by atoms with van der Waals surface area (Å²) in [6, 6.07) is 4.60. The van der Waals surface area contributed by atoms with Crippen molar-refractivity contribution in [1.29, 1.82) is 0 Å². The predicted molar refractivity (Wildman–Crippen MR) is 54.5 cm³/mol. The quantitative estimate of drug-likeness (QED) is 0.632. The summed E-state index contributed by atoms with van der Waals surface area (Å²) in [5, 5.41) is 2.80. The van der Waals surface area contributed by atoms with E-state index in [2.05, 4.69) is 27.1 Å². The molecule has 12 heavy (non-hydrogen) atoms. The van der Waals surface area contributed by atoms with Crippen LogP contribution in [0.4, 0.5) is 4.39 Å². The molecule has 0 N–H and O–H groups in total. The molecule has 0 unspecified atom stereocenters. The van der Waals surface area contributed by atoms with Crippen molar-refractivity contribution in [2.75, 3.05) is 6.26 Å². The van der Waals surface area contributed by atoms with E-state index in [1.165, 1.54) is 23.9 Å². The van der Waals surface area contributed by atoms with Gasteiger partial charge in [0.05, 0.1) is 0 Å². The first-order valence-corrected chi connectivity index (χ1v) is 5.24. The minimum absolute atomic E-state index is 0.269. The molecule has 0 nitrogen and oxygen atoms in total. The Hall–Kier alpha value is -0.460. The lowest BCUT2D eigenvalue weighted by molar-refractivity contribution is 0.626. The summed E-state index contributed by atoms with van der Waals surface area (Å²) in [6.07, 6.45) is 1.88. The average Bonchev–Trinajstić information content (AvgIpc) is 1.99. The van der Waals surface area contributed by atoms with Crippen LogP contribution in [0.1, 0.15) is 5.56 Å². The van der Waals surface area contributed by atoms with Crippen molar-refractivity contribution in [2.45, 2.75) is 0 Å². The fourth-order valence-electron chi connectivity index (χ4n) is 0.736. The van der Waals surface area contributed by atoms with Crippen molar-refractivity contribution >= 4 is 27.7 Å². The zero-order valence-electron chi connectivity index (χ0n) is 6.40. The van der Waals surface area contributed by atoms with Crippen LogP contribution in [-0.4, -0.2) is 6.26 Å². The van der Waals surface area contributed by atoms with Gasteiger partial charge in [0.1, 0.15) is 5.82 Å². The lowest BCUT2D eigenvalue weighted by Crippen LogP contribution is -1.78. The number of hydrogen-bond donors (Lipinski definition) is 0. The summed E-state index contributed by atoms with van der Waals surface area (Å²) in [4.78, 5) is 0. The van der Waals surface area contributed by atoms with Crippen molar-refractivity contribution in [3.63, 3.8) is 0 Å². The maximum atomic E-state index is 12.8. The second-order valence-electron chi connectivity index (χ2n) is 2.09. The molecule has 1 aromatic rings. The van der Waals surface area contributed by atoms with E-state index in [0.29, 0.717) is 10.0 Å². The Bertz CT molecular complexity index is 318. The Labute approximate surface area is 83.7 Å². The molecule has 0 heterocycles. The molecule has 0 saturated heterocycles. The highest BCUT2D eigenvalue weighted by Gasteiger charge is 1.94. The second-order valence-corrected chi connectivity index (χ2v) is 3.62. The van der Waals surface area contributed by atoms with E-state index in [4.69, 9.17) is 0 Å². The van der Waals surface area contributed by atoms with Crippen LogP contribution in [0.25, 0.3) is 0 Å². The van der Waals surface area contributed by atoms with Crippen LogP contribution < -0.4 is 0 Å². The van der Waals surface area contributed by atoms with Crippen molar-refractivity contribution < 1.29 is 4.39 Å². The molecule has 0 bridgehead atoms. The van der Waals surface area contributed by atoms with Gasteiger partial charge >= 0.3 is 0 Å². The molecule has 0 aromatic heterocycles. The number of benzene rings is 1. The van der Waals surface area contributed by atoms with Crippen LogP contribution in [0.5, 0.6) is 0 Å². The third-order valence-corrected chi connectivity index (χ3v) is 1.92. The van der Waals surface area contributed by atoms with Crippen LogP contribution in [0.3, 0.4) is 0 Å². The van der Waals surface area contributed by atoms with Gasteiger partial charge in [-0.3, -0.25) is 0 Å². The first-order chi connectivity index (χ1) is 5.72. The normalized spacial score (nSPS) is 8.92. The lowest BCUT2D eigenvalue weighted by Gasteiger charge is -1.92. The summed E-state index contributed by atoms with van der Waals surface area (Å²) in [6.45, 7) is 0. The third-order valence-electron chi connectivity index (χ3n) is 1.16. The second kappa shape index (κ2) is 4.54. The lowest BCUT2D eigenvalue weighted by atomic mass is 10.2. The van der Waals surface area contributed by atoms with E-state index >= 15 is 0 Å². The molecule has 1 aromatic carbocycles. The molecule has 0 saturated carbocycles. The van der Waals surface area contributed by atoms with Crippen LogP contribution in [0.15, 0.2) is 22.7 Å². The molecule has 62 valence electrons. The van der Waals surface area contributed by atoms with Gasteiger partial charge in [-0.05, 0) is 29.7 Å². The monoisotopic (exact) mass is 244 g/mol. The fraction of sp³-hybridized carbons (Fsp3) is 0.111. The molecule has 0 amide bonds. The van der Waals surface area contributed by atoms with Gasteiger partial charge in [-0.25, -0.2) is 4.39 Å². The molecule has 0 radical (unpaired) electrons. The standard InChI is InChI=1S/C9H6BrFS/c1-12-3-2-7-4-8(10)6-9(11)5-7/h4-6H,1H3. The van der Waals surface area contributed by atoms with E-state index in [-0.39, 0.29) is 5.82 Å². The van der Waals surface area contributed by atoms with Gasteiger partial charge in [-0.15, -0.1) is 0 Å². The van der Waals surface area contributed by atoms with Gasteiger partial charge < -0.3 is 0 Å². The van der Waals surface area contributed by atoms with Crippen molar-refractivity contribution in [3.05, 3.63) is 34.1 Å². The smallest absolute Gasteiger partial charge is 0.125 e. The topological polar surface area (TPSA) is 0 Å². The molecule has 0 spiro atoms. The van der Waals surface area contributed by atoms with Crippen molar-refractivity contribution in [1.82, 2.24) is 0 Å². The number of hydrogen-bond acceptors (Lipinski definition) is 1. The van der Waals surface area contributed by atoms with E-state index in [0.717, 1.165) is 0 Å². The van der Waals surface area contributed by atoms with Gasteiger partial charge in [0.2, 0.25) is 0 Å². The minimum atomic E-state index is -0.269. The molecule has 1 rings (SSSR count). The molecule has 0 aliphatic carbocycles. The zero-order valence-corrected chi connectivity index (χ0v) is 8.80. The van der Waals surface area contributed by atoms with Crippen LogP contribution >= 0.6 is 27.7 Å². The maximum Gasteiger partial charge on any atom is 0.125 e. The Morgan fingerprint density at radius 1 is 1.42 bits per heavy atom. The van der Waals surface area contributed by atoms with Gasteiger partial charge in [-0.2, -0.15) is 0 Å². The molecular weight excluding hydrogens is 239 g/mol. The third kappa shape index (κ3) is 2.88. The summed E-state index contributed by atoms with van der Waals surface area (Å²) in [5.74, 6) is 2.55. The highest BCUT2D eigenvalue weighted by molar-refractivity contribution is 9.10. The summed E-state index contributed by atoms with van der Waals surface area (Å²) < 4.78 is 13.5. The number of halogens is 2. The SMILES string of the molecule is CSC#Cc1cc(F)cc(Br)c1. The molecule has 0 aliphatic rings. The largest absolute Gasteiger partial charge is 0.207 e. The minimum Gasteiger partial charge on any atom is -0.207 e. The van der Waals surface area contributed by atoms with Gasteiger partial charge in [0, 0.05) is 10.0 Å². The summed E-state index contributed by atoms with van der Waals surface area (Å²) in [7, 11) is 0. The Kier molecular flexibility index (Phi) is 3.64. The van der Waals surface area contributed by atoms with Crippen LogP contribution in [0, 0.1) is 17.0 Å². The molecule has 3 heteroatoms. The van der Waals surface area contributed by atoms with E-state index < -0.39 is 0 Å². The fourth-order valence-corrected chi connectivity index (χ4v) is 1.42. The van der Waals surface area contributed by atoms with Crippen molar-refractivity contribution in [3.8, 4) is 11.2 Å². The van der Waals surface area contributed by atoms with Gasteiger partial charge in [-0.1, -0.05) is 33.6 Å². The van der Waals surface area contributed by atoms with Crippen LogP contribution in [-0.2, 0) is 0 Å². The van der Waals surface area contributed by atoms with Gasteiger partial charge in [0.15, 0.2) is 0 Å². The first kappa shape index (κ1) is 9.63.